The van der Waals surface area contributed by atoms with E-state index in [2.05, 4.69) is 25.8 Å². The number of piperazine rings is 1. The molecule has 142 valence electrons. The van der Waals surface area contributed by atoms with E-state index in [1.165, 1.54) is 28.6 Å². The van der Waals surface area contributed by atoms with Crippen LogP contribution in [0.15, 0.2) is 58.2 Å². The molecule has 0 spiro atoms. The van der Waals surface area contributed by atoms with Gasteiger partial charge in [0.05, 0.1) is 5.69 Å². The van der Waals surface area contributed by atoms with Crippen molar-refractivity contribution in [1.29, 1.82) is 0 Å². The van der Waals surface area contributed by atoms with Crippen molar-refractivity contribution < 1.29 is 12.8 Å². The van der Waals surface area contributed by atoms with Crippen LogP contribution in [0.1, 0.15) is 5.69 Å². The minimum Gasteiger partial charge on any atom is -0.306 e. The third-order valence-electron chi connectivity index (χ3n) is 4.64. The molecule has 9 heteroatoms. The van der Waals surface area contributed by atoms with Crippen LogP contribution in [-0.2, 0) is 16.6 Å². The molecule has 0 bridgehead atoms. The van der Waals surface area contributed by atoms with E-state index in [0.717, 1.165) is 15.8 Å². The first-order valence-corrected chi connectivity index (χ1v) is 10.8. The molecule has 27 heavy (non-hydrogen) atoms. The highest BCUT2D eigenvalue weighted by Gasteiger charge is 2.30. The average molecular weight is 453 g/mol. The van der Waals surface area contributed by atoms with E-state index in [4.69, 9.17) is 0 Å². The lowest BCUT2D eigenvalue weighted by molar-refractivity contribution is 0.180. The maximum atomic E-state index is 13.9. The first kappa shape index (κ1) is 18.5. The van der Waals surface area contributed by atoms with Crippen molar-refractivity contribution in [2.45, 2.75) is 11.4 Å². The van der Waals surface area contributed by atoms with Crippen molar-refractivity contribution in [3.63, 3.8) is 0 Å². The van der Waals surface area contributed by atoms with Gasteiger partial charge in [-0.2, -0.15) is 4.31 Å². The highest BCUT2D eigenvalue weighted by Crippen LogP contribution is 2.21. The monoisotopic (exact) mass is 452 g/mol. The second kappa shape index (κ2) is 7.31. The first-order valence-electron chi connectivity index (χ1n) is 8.54. The van der Waals surface area contributed by atoms with Crippen LogP contribution in [0.3, 0.4) is 0 Å². The lowest BCUT2D eigenvalue weighted by Crippen LogP contribution is -2.48. The van der Waals surface area contributed by atoms with Crippen LogP contribution in [0.25, 0.3) is 5.65 Å². The number of rotatable bonds is 4. The molecule has 6 nitrogen and oxygen atoms in total. The Kier molecular flexibility index (Phi) is 5.02. The zero-order valence-electron chi connectivity index (χ0n) is 14.4. The Hall–Kier alpha value is -1.81. The van der Waals surface area contributed by atoms with Crippen molar-refractivity contribution in [2.24, 2.45) is 0 Å². The van der Waals surface area contributed by atoms with Gasteiger partial charge in [-0.15, -0.1) is 0 Å². The summed E-state index contributed by atoms with van der Waals surface area (Å²) < 4.78 is 43.5. The second-order valence-electron chi connectivity index (χ2n) is 6.46. The van der Waals surface area contributed by atoms with Crippen LogP contribution in [-0.4, -0.2) is 53.2 Å². The van der Waals surface area contributed by atoms with E-state index in [0.29, 0.717) is 32.7 Å². The fourth-order valence-electron chi connectivity index (χ4n) is 3.24. The van der Waals surface area contributed by atoms with Gasteiger partial charge in [0.1, 0.15) is 16.4 Å². The van der Waals surface area contributed by atoms with Gasteiger partial charge in [-0.25, -0.2) is 17.8 Å². The number of hydrogen-bond acceptors (Lipinski definition) is 4. The van der Waals surface area contributed by atoms with Crippen LogP contribution in [0.4, 0.5) is 4.39 Å². The van der Waals surface area contributed by atoms with Gasteiger partial charge < -0.3 is 4.40 Å². The minimum absolute atomic E-state index is 0.260. The molecular formula is C18H18BrFN4O2S. The number of aromatic nitrogens is 2. The normalized spacial score (nSPS) is 16.8. The van der Waals surface area contributed by atoms with Gasteiger partial charge in [-0.1, -0.05) is 12.1 Å². The van der Waals surface area contributed by atoms with E-state index in [-0.39, 0.29) is 4.90 Å². The Morgan fingerprint density at radius 1 is 1.04 bits per heavy atom. The number of pyridine rings is 1. The molecule has 1 aliphatic heterocycles. The molecule has 1 aromatic carbocycles. The Labute approximate surface area is 165 Å². The summed E-state index contributed by atoms with van der Waals surface area (Å²) in [6, 6.07) is 9.38. The molecule has 0 radical (unpaired) electrons. The zero-order valence-corrected chi connectivity index (χ0v) is 16.8. The fraction of sp³-hybridized carbons (Fsp3) is 0.278. The van der Waals surface area contributed by atoms with Crippen LogP contribution in [0.2, 0.25) is 0 Å². The minimum atomic E-state index is -3.81. The van der Waals surface area contributed by atoms with E-state index in [9.17, 15) is 12.8 Å². The summed E-state index contributed by atoms with van der Waals surface area (Å²) in [4.78, 5) is 6.49. The van der Waals surface area contributed by atoms with Gasteiger partial charge in [-0.3, -0.25) is 4.90 Å². The molecule has 0 saturated carbocycles. The predicted octanol–water partition coefficient (Wildman–Crippen LogP) is 2.74. The highest BCUT2D eigenvalue weighted by atomic mass is 79.9. The number of fused-ring (bicyclic) bond motifs is 1. The molecule has 1 aliphatic rings. The van der Waals surface area contributed by atoms with Gasteiger partial charge in [0, 0.05) is 49.6 Å². The molecule has 0 amide bonds. The average Bonchev–Trinajstić information content (AvgIpc) is 3.03. The zero-order chi connectivity index (χ0) is 19.0. The molecule has 1 saturated heterocycles. The van der Waals surface area contributed by atoms with Crippen LogP contribution >= 0.6 is 15.9 Å². The van der Waals surface area contributed by atoms with Crippen LogP contribution in [0, 0.1) is 5.82 Å². The summed E-state index contributed by atoms with van der Waals surface area (Å²) in [5.74, 6) is -0.712. The molecule has 0 N–H and O–H groups in total. The topological polar surface area (TPSA) is 57.9 Å². The fourth-order valence-corrected chi connectivity index (χ4v) is 5.08. The van der Waals surface area contributed by atoms with Gasteiger partial charge in [0.2, 0.25) is 10.0 Å². The Bertz CT molecular complexity index is 1080. The number of hydrogen-bond donors (Lipinski definition) is 0. The quantitative estimate of drug-likeness (QED) is 0.610. The standard InChI is InChI=1S/C18H18BrFN4O2S/c19-14-5-6-18-21-15(13-23(18)11-14)12-22-7-9-24(10-8-22)27(25,26)17-4-2-1-3-16(17)20/h1-6,11,13H,7-10,12H2. The van der Waals surface area contributed by atoms with Crippen molar-refractivity contribution in [3.05, 3.63) is 64.8 Å². The summed E-state index contributed by atoms with van der Waals surface area (Å²) >= 11 is 3.44. The summed E-state index contributed by atoms with van der Waals surface area (Å²) in [5.41, 5.74) is 1.80. The van der Waals surface area contributed by atoms with E-state index >= 15 is 0 Å². The van der Waals surface area contributed by atoms with Crippen molar-refractivity contribution >= 4 is 31.6 Å². The third-order valence-corrected chi connectivity index (χ3v) is 7.04. The van der Waals surface area contributed by atoms with Gasteiger partial charge in [0.25, 0.3) is 0 Å². The second-order valence-corrected chi connectivity index (χ2v) is 9.28. The lowest BCUT2D eigenvalue weighted by atomic mass is 10.3. The van der Waals surface area contributed by atoms with Crippen molar-refractivity contribution in [2.75, 3.05) is 26.2 Å². The lowest BCUT2D eigenvalue weighted by Gasteiger charge is -2.33. The maximum absolute atomic E-state index is 13.9. The molecule has 1 fully saturated rings. The van der Waals surface area contributed by atoms with Gasteiger partial charge >= 0.3 is 0 Å². The van der Waals surface area contributed by atoms with Crippen molar-refractivity contribution in [3.8, 4) is 0 Å². The Balaban J connectivity index is 1.43. The van der Waals surface area contributed by atoms with Gasteiger partial charge in [-0.05, 0) is 40.2 Å². The molecule has 0 unspecified atom stereocenters. The molecule has 4 rings (SSSR count). The molecule has 3 aromatic rings. The molecule has 2 aromatic heterocycles. The Morgan fingerprint density at radius 2 is 1.78 bits per heavy atom. The molecule has 3 heterocycles. The predicted molar refractivity (Wildman–Crippen MR) is 103 cm³/mol. The number of halogens is 2. The van der Waals surface area contributed by atoms with Crippen LogP contribution < -0.4 is 0 Å². The van der Waals surface area contributed by atoms with Crippen molar-refractivity contribution in [1.82, 2.24) is 18.6 Å². The van der Waals surface area contributed by atoms with E-state index < -0.39 is 15.8 Å². The number of sulfonamides is 1. The van der Waals surface area contributed by atoms with E-state index in [1.54, 1.807) is 0 Å². The first-order chi connectivity index (χ1) is 12.9. The highest BCUT2D eigenvalue weighted by molar-refractivity contribution is 9.10. The van der Waals surface area contributed by atoms with Crippen LogP contribution in [0.5, 0.6) is 0 Å². The number of nitrogens with zero attached hydrogens (tertiary/aromatic N) is 4. The third kappa shape index (κ3) is 3.77. The number of imidazole rings is 1. The molecule has 0 atom stereocenters. The molecule has 0 aliphatic carbocycles. The smallest absolute Gasteiger partial charge is 0.246 e. The summed E-state index contributed by atoms with van der Waals surface area (Å²) in [6.07, 6.45) is 3.92. The Morgan fingerprint density at radius 3 is 2.52 bits per heavy atom. The largest absolute Gasteiger partial charge is 0.306 e. The van der Waals surface area contributed by atoms with Gasteiger partial charge in [0.15, 0.2) is 0 Å². The summed E-state index contributed by atoms with van der Waals surface area (Å²) in [5, 5.41) is 0. The SMILES string of the molecule is O=S(=O)(c1ccccc1F)N1CCN(Cc2cn3cc(Br)ccc3n2)CC1. The molecular weight excluding hydrogens is 435 g/mol. The maximum Gasteiger partial charge on any atom is 0.246 e. The summed E-state index contributed by atoms with van der Waals surface area (Å²) in [6.45, 7) is 2.45. The summed E-state index contributed by atoms with van der Waals surface area (Å²) in [7, 11) is -3.81. The number of benzene rings is 1. The van der Waals surface area contributed by atoms with E-state index in [1.807, 2.05) is 28.9 Å².